The summed E-state index contributed by atoms with van der Waals surface area (Å²) in [6.45, 7) is 3.92. The summed E-state index contributed by atoms with van der Waals surface area (Å²) in [5, 5.41) is 0.772. The number of hydrogen-bond acceptors (Lipinski definition) is 4. The summed E-state index contributed by atoms with van der Waals surface area (Å²) < 4.78 is 0. The molecule has 1 aromatic rings. The molecule has 1 amide bonds. The van der Waals surface area contributed by atoms with Crippen LogP contribution in [-0.4, -0.2) is 49.6 Å². The molecule has 0 bridgehead atoms. The molecule has 20 heavy (non-hydrogen) atoms. The molecular weight excluding hydrogens is 276 g/mol. The first-order chi connectivity index (χ1) is 9.61. The number of amides is 1. The molecule has 0 radical (unpaired) electrons. The fourth-order valence-electron chi connectivity index (χ4n) is 2.63. The maximum Gasteiger partial charge on any atom is 0.219 e. The monoisotopic (exact) mass is 296 g/mol. The third-order valence-electron chi connectivity index (χ3n) is 3.73. The smallest absolute Gasteiger partial charge is 0.219 e. The minimum absolute atomic E-state index is 0.0425. The number of nitrogens with zero attached hydrogens (tertiary/aromatic N) is 2. The SMILES string of the molecule is NCC(CC(N)=O)N1CCN(c2ccccc2Cl)CC1. The molecule has 0 aromatic heterocycles. The zero-order chi connectivity index (χ0) is 14.5. The highest BCUT2D eigenvalue weighted by atomic mass is 35.5. The van der Waals surface area contributed by atoms with E-state index >= 15 is 0 Å². The molecule has 1 atom stereocenters. The molecule has 1 heterocycles. The van der Waals surface area contributed by atoms with Gasteiger partial charge in [0.25, 0.3) is 0 Å². The van der Waals surface area contributed by atoms with Crippen molar-refractivity contribution >= 4 is 23.2 Å². The van der Waals surface area contributed by atoms with E-state index < -0.39 is 0 Å². The third-order valence-corrected chi connectivity index (χ3v) is 4.05. The molecule has 1 aliphatic rings. The molecule has 1 fully saturated rings. The predicted octanol–water partition coefficient (Wildman–Crippen LogP) is 0.665. The average Bonchev–Trinajstić information content (AvgIpc) is 2.45. The normalized spacial score (nSPS) is 18.0. The van der Waals surface area contributed by atoms with Crippen molar-refractivity contribution in [3.63, 3.8) is 0 Å². The van der Waals surface area contributed by atoms with Gasteiger partial charge in [0.15, 0.2) is 0 Å². The van der Waals surface area contributed by atoms with Gasteiger partial charge in [-0.05, 0) is 12.1 Å². The van der Waals surface area contributed by atoms with Gasteiger partial charge in [-0.2, -0.15) is 0 Å². The number of para-hydroxylation sites is 1. The zero-order valence-corrected chi connectivity index (χ0v) is 12.2. The number of nitrogens with two attached hydrogens (primary N) is 2. The fourth-order valence-corrected chi connectivity index (χ4v) is 2.89. The van der Waals surface area contributed by atoms with Crippen molar-refractivity contribution in [2.45, 2.75) is 12.5 Å². The molecule has 110 valence electrons. The van der Waals surface area contributed by atoms with Crippen LogP contribution < -0.4 is 16.4 Å². The molecule has 1 unspecified atom stereocenters. The molecule has 5 nitrogen and oxygen atoms in total. The molecule has 0 aliphatic carbocycles. The van der Waals surface area contributed by atoms with E-state index in [9.17, 15) is 4.79 Å². The van der Waals surface area contributed by atoms with E-state index in [4.69, 9.17) is 23.1 Å². The Hall–Kier alpha value is -1.30. The highest BCUT2D eigenvalue weighted by Gasteiger charge is 2.24. The molecular formula is C14H21ClN4O. The highest BCUT2D eigenvalue weighted by Crippen LogP contribution is 2.26. The number of halogens is 1. The first-order valence-corrected chi connectivity index (χ1v) is 7.21. The summed E-state index contributed by atoms with van der Waals surface area (Å²) >= 11 is 6.22. The maximum absolute atomic E-state index is 11.1. The summed E-state index contributed by atoms with van der Waals surface area (Å²) in [5.41, 5.74) is 12.1. The summed E-state index contributed by atoms with van der Waals surface area (Å²) in [7, 11) is 0. The molecule has 0 spiro atoms. The van der Waals surface area contributed by atoms with Gasteiger partial charge in [0.2, 0.25) is 5.91 Å². The van der Waals surface area contributed by atoms with Crippen molar-refractivity contribution in [1.82, 2.24) is 4.90 Å². The van der Waals surface area contributed by atoms with Crippen LogP contribution in [0.3, 0.4) is 0 Å². The predicted molar refractivity (Wildman–Crippen MR) is 81.9 cm³/mol. The van der Waals surface area contributed by atoms with Gasteiger partial charge in [0.1, 0.15) is 0 Å². The molecule has 0 saturated carbocycles. The van der Waals surface area contributed by atoms with E-state index in [0.29, 0.717) is 13.0 Å². The second-order valence-corrected chi connectivity index (χ2v) is 5.44. The van der Waals surface area contributed by atoms with Crippen molar-refractivity contribution < 1.29 is 4.79 Å². The maximum atomic E-state index is 11.1. The summed E-state index contributed by atoms with van der Waals surface area (Å²) in [6.07, 6.45) is 0.322. The molecule has 6 heteroatoms. The lowest BCUT2D eigenvalue weighted by Crippen LogP contribution is -2.53. The Balaban J connectivity index is 1.95. The van der Waals surface area contributed by atoms with Crippen molar-refractivity contribution in [2.24, 2.45) is 11.5 Å². The number of primary amides is 1. The topological polar surface area (TPSA) is 75.6 Å². The van der Waals surface area contributed by atoms with Gasteiger partial charge in [-0.1, -0.05) is 23.7 Å². The van der Waals surface area contributed by atoms with Crippen LogP contribution in [0.2, 0.25) is 5.02 Å². The third kappa shape index (κ3) is 3.62. The van der Waals surface area contributed by atoms with Gasteiger partial charge in [0, 0.05) is 45.2 Å². The average molecular weight is 297 g/mol. The van der Waals surface area contributed by atoms with Crippen molar-refractivity contribution in [2.75, 3.05) is 37.6 Å². The van der Waals surface area contributed by atoms with Gasteiger partial charge in [0.05, 0.1) is 10.7 Å². The Morgan fingerprint density at radius 1 is 1.25 bits per heavy atom. The first-order valence-electron chi connectivity index (χ1n) is 6.83. The number of anilines is 1. The highest BCUT2D eigenvalue weighted by molar-refractivity contribution is 6.33. The second-order valence-electron chi connectivity index (χ2n) is 5.03. The van der Waals surface area contributed by atoms with Crippen LogP contribution in [0.1, 0.15) is 6.42 Å². The Morgan fingerprint density at radius 3 is 2.45 bits per heavy atom. The molecule has 1 saturated heterocycles. The van der Waals surface area contributed by atoms with Crippen LogP contribution in [0, 0.1) is 0 Å². The van der Waals surface area contributed by atoms with E-state index in [2.05, 4.69) is 9.80 Å². The fraction of sp³-hybridized carbons (Fsp3) is 0.500. The number of carbonyl (C=O) groups is 1. The Morgan fingerprint density at radius 2 is 1.90 bits per heavy atom. The minimum atomic E-state index is -0.297. The standard InChI is InChI=1S/C14H21ClN4O/c15-12-3-1-2-4-13(12)19-7-5-18(6-8-19)11(10-16)9-14(17)20/h1-4,11H,5-10,16H2,(H2,17,20). The van der Waals surface area contributed by atoms with Gasteiger partial charge < -0.3 is 16.4 Å². The first kappa shape index (κ1) is 15.1. The molecule has 1 aliphatic heterocycles. The van der Waals surface area contributed by atoms with Crippen LogP contribution in [0.15, 0.2) is 24.3 Å². The largest absolute Gasteiger partial charge is 0.370 e. The quantitative estimate of drug-likeness (QED) is 0.837. The Kier molecular flexibility index (Phi) is 5.23. The Bertz CT molecular complexity index is 460. The van der Waals surface area contributed by atoms with E-state index in [-0.39, 0.29) is 11.9 Å². The lowest BCUT2D eigenvalue weighted by atomic mass is 10.1. The van der Waals surface area contributed by atoms with Crippen molar-refractivity contribution in [3.8, 4) is 0 Å². The number of benzene rings is 1. The minimum Gasteiger partial charge on any atom is -0.370 e. The lowest BCUT2D eigenvalue weighted by Gasteiger charge is -2.39. The number of hydrogen-bond donors (Lipinski definition) is 2. The summed E-state index contributed by atoms with van der Waals surface area (Å²) in [5.74, 6) is -0.297. The molecule has 4 N–H and O–H groups in total. The van der Waals surface area contributed by atoms with Crippen LogP contribution in [0.5, 0.6) is 0 Å². The van der Waals surface area contributed by atoms with Gasteiger partial charge in [-0.25, -0.2) is 0 Å². The van der Waals surface area contributed by atoms with E-state index in [1.807, 2.05) is 24.3 Å². The van der Waals surface area contributed by atoms with Crippen molar-refractivity contribution in [3.05, 3.63) is 29.3 Å². The van der Waals surface area contributed by atoms with Gasteiger partial charge >= 0.3 is 0 Å². The van der Waals surface area contributed by atoms with Crippen LogP contribution in [0.25, 0.3) is 0 Å². The van der Waals surface area contributed by atoms with Gasteiger partial charge in [-0.3, -0.25) is 9.69 Å². The van der Waals surface area contributed by atoms with Crippen LogP contribution >= 0.6 is 11.6 Å². The van der Waals surface area contributed by atoms with Crippen molar-refractivity contribution in [1.29, 1.82) is 0 Å². The Labute approximate surface area is 124 Å². The molecule has 2 rings (SSSR count). The van der Waals surface area contributed by atoms with Gasteiger partial charge in [-0.15, -0.1) is 0 Å². The van der Waals surface area contributed by atoms with E-state index in [1.54, 1.807) is 0 Å². The summed E-state index contributed by atoms with van der Waals surface area (Å²) in [6, 6.07) is 7.89. The molecule has 1 aromatic carbocycles. The zero-order valence-electron chi connectivity index (χ0n) is 11.5. The summed E-state index contributed by atoms with van der Waals surface area (Å²) in [4.78, 5) is 15.5. The second kappa shape index (κ2) is 6.92. The van der Waals surface area contributed by atoms with Crippen LogP contribution in [0.4, 0.5) is 5.69 Å². The van der Waals surface area contributed by atoms with E-state index in [1.165, 1.54) is 0 Å². The van der Waals surface area contributed by atoms with Crippen LogP contribution in [-0.2, 0) is 4.79 Å². The number of piperazine rings is 1. The number of rotatable bonds is 5. The number of carbonyl (C=O) groups excluding carboxylic acids is 1. The van der Waals surface area contributed by atoms with E-state index in [0.717, 1.165) is 36.9 Å². The lowest BCUT2D eigenvalue weighted by molar-refractivity contribution is -0.119.